The third-order valence-electron chi connectivity index (χ3n) is 2.37. The van der Waals surface area contributed by atoms with E-state index in [1.165, 1.54) is 0 Å². The molecule has 1 atom stereocenters. The molecule has 1 aromatic rings. The number of hydrogen-bond donors (Lipinski definition) is 2. The van der Waals surface area contributed by atoms with E-state index in [9.17, 15) is 0 Å². The fourth-order valence-corrected chi connectivity index (χ4v) is 1.37. The molecular weight excluding hydrogens is 188 g/mol. The summed E-state index contributed by atoms with van der Waals surface area (Å²) in [5.41, 5.74) is 2.52. The Labute approximate surface area is 90.4 Å². The van der Waals surface area contributed by atoms with Gasteiger partial charge in [-0.15, -0.1) is 0 Å². The molecule has 0 aliphatic heterocycles. The summed E-state index contributed by atoms with van der Waals surface area (Å²) in [6.07, 6.45) is 0.829. The van der Waals surface area contributed by atoms with E-state index < -0.39 is 0 Å². The summed E-state index contributed by atoms with van der Waals surface area (Å²) >= 11 is 0. The molecule has 0 aliphatic carbocycles. The molecule has 0 bridgehead atoms. The fraction of sp³-hybridized carbons (Fsp3) is 0.417. The predicted molar refractivity (Wildman–Crippen MR) is 60.7 cm³/mol. The number of nitrogens with one attached hydrogen (secondary N) is 1. The van der Waals surface area contributed by atoms with Gasteiger partial charge in [0.25, 0.3) is 0 Å². The molecule has 0 radical (unpaired) electrons. The van der Waals surface area contributed by atoms with Crippen LogP contribution in [-0.2, 0) is 0 Å². The van der Waals surface area contributed by atoms with Gasteiger partial charge in [0, 0.05) is 6.04 Å². The molecule has 0 heterocycles. The number of rotatable bonds is 4. The van der Waals surface area contributed by atoms with E-state index in [1.54, 1.807) is 6.07 Å². The largest absolute Gasteiger partial charge is 0.394 e. The lowest BCUT2D eigenvalue weighted by molar-refractivity contribution is 0.272. The second-order valence-electron chi connectivity index (χ2n) is 3.59. The van der Waals surface area contributed by atoms with Gasteiger partial charge in [-0.3, -0.25) is 0 Å². The number of aryl methyl sites for hydroxylation is 1. The minimum Gasteiger partial charge on any atom is -0.394 e. The second-order valence-corrected chi connectivity index (χ2v) is 3.59. The van der Waals surface area contributed by atoms with E-state index in [2.05, 4.69) is 11.4 Å². The van der Waals surface area contributed by atoms with Crippen molar-refractivity contribution >= 4 is 5.69 Å². The first-order chi connectivity index (χ1) is 7.21. The van der Waals surface area contributed by atoms with Gasteiger partial charge in [0.05, 0.1) is 17.9 Å². The molecule has 0 aliphatic rings. The molecule has 80 valence electrons. The zero-order chi connectivity index (χ0) is 11.3. The topological polar surface area (TPSA) is 56.0 Å². The number of aliphatic hydroxyl groups excluding tert-OH is 1. The van der Waals surface area contributed by atoms with E-state index >= 15 is 0 Å². The number of anilines is 1. The van der Waals surface area contributed by atoms with Crippen LogP contribution in [0.5, 0.6) is 0 Å². The number of nitriles is 1. The highest BCUT2D eigenvalue weighted by atomic mass is 16.3. The molecule has 0 aromatic heterocycles. The summed E-state index contributed by atoms with van der Waals surface area (Å²) in [6, 6.07) is 7.77. The highest BCUT2D eigenvalue weighted by molar-refractivity contribution is 5.59. The maximum absolute atomic E-state index is 9.07. The Hall–Kier alpha value is -1.53. The quantitative estimate of drug-likeness (QED) is 0.789. The molecule has 3 heteroatoms. The predicted octanol–water partition coefficient (Wildman–Crippen LogP) is 2.05. The summed E-state index contributed by atoms with van der Waals surface area (Å²) < 4.78 is 0. The molecule has 1 aromatic carbocycles. The van der Waals surface area contributed by atoms with Gasteiger partial charge in [0.1, 0.15) is 6.07 Å². The first-order valence-corrected chi connectivity index (χ1v) is 5.09. The van der Waals surface area contributed by atoms with Crippen molar-refractivity contribution in [2.75, 3.05) is 11.9 Å². The van der Waals surface area contributed by atoms with Crippen molar-refractivity contribution in [2.24, 2.45) is 0 Å². The fourth-order valence-electron chi connectivity index (χ4n) is 1.37. The van der Waals surface area contributed by atoms with E-state index in [4.69, 9.17) is 10.4 Å². The minimum absolute atomic E-state index is 0.0129. The Morgan fingerprint density at radius 1 is 1.53 bits per heavy atom. The molecule has 0 fully saturated rings. The van der Waals surface area contributed by atoms with Gasteiger partial charge in [0.2, 0.25) is 0 Å². The average molecular weight is 204 g/mol. The average Bonchev–Trinajstić information content (AvgIpc) is 2.26. The maximum Gasteiger partial charge on any atom is 0.101 e. The van der Waals surface area contributed by atoms with Crippen LogP contribution in [0.2, 0.25) is 0 Å². The SMILES string of the molecule is CCC(CO)Nc1cc(C)ccc1C#N. The van der Waals surface area contributed by atoms with Crippen LogP contribution >= 0.6 is 0 Å². The van der Waals surface area contributed by atoms with Crippen LogP contribution in [0.15, 0.2) is 18.2 Å². The number of hydrogen-bond acceptors (Lipinski definition) is 3. The van der Waals surface area contributed by atoms with E-state index in [0.29, 0.717) is 5.56 Å². The van der Waals surface area contributed by atoms with Gasteiger partial charge >= 0.3 is 0 Å². The normalized spacial score (nSPS) is 11.9. The summed E-state index contributed by atoms with van der Waals surface area (Å²) in [5, 5.41) is 21.2. The molecule has 0 saturated carbocycles. The van der Waals surface area contributed by atoms with Crippen molar-refractivity contribution in [2.45, 2.75) is 26.3 Å². The van der Waals surface area contributed by atoms with E-state index in [-0.39, 0.29) is 12.6 Å². The lowest BCUT2D eigenvalue weighted by Crippen LogP contribution is -2.23. The Morgan fingerprint density at radius 3 is 2.80 bits per heavy atom. The summed E-state index contributed by atoms with van der Waals surface area (Å²) in [4.78, 5) is 0. The number of benzene rings is 1. The first-order valence-electron chi connectivity index (χ1n) is 5.09. The van der Waals surface area contributed by atoms with Crippen LogP contribution in [0.4, 0.5) is 5.69 Å². The smallest absolute Gasteiger partial charge is 0.101 e. The summed E-state index contributed by atoms with van der Waals surface area (Å²) in [7, 11) is 0. The van der Waals surface area contributed by atoms with Gasteiger partial charge < -0.3 is 10.4 Å². The molecule has 0 spiro atoms. The standard InChI is InChI=1S/C12H16N2O/c1-3-11(8-15)14-12-6-9(2)4-5-10(12)7-13/h4-6,11,14-15H,3,8H2,1-2H3. The van der Waals surface area contributed by atoms with Gasteiger partial charge in [-0.1, -0.05) is 13.0 Å². The van der Waals surface area contributed by atoms with Crippen LogP contribution in [0.1, 0.15) is 24.5 Å². The molecule has 15 heavy (non-hydrogen) atoms. The number of aliphatic hydroxyl groups is 1. The van der Waals surface area contributed by atoms with Crippen LogP contribution in [-0.4, -0.2) is 17.8 Å². The Kier molecular flexibility index (Phi) is 4.14. The molecular formula is C12H16N2O. The molecule has 1 unspecified atom stereocenters. The Bertz CT molecular complexity index is 364. The highest BCUT2D eigenvalue weighted by Gasteiger charge is 2.07. The molecule has 1 rings (SSSR count). The molecule has 0 saturated heterocycles. The van der Waals surface area contributed by atoms with Crippen LogP contribution < -0.4 is 5.32 Å². The molecule has 0 amide bonds. The molecule has 2 N–H and O–H groups in total. The number of nitrogens with zero attached hydrogens (tertiary/aromatic N) is 1. The van der Waals surface area contributed by atoms with Gasteiger partial charge in [-0.05, 0) is 31.0 Å². The Morgan fingerprint density at radius 2 is 2.27 bits per heavy atom. The minimum atomic E-state index is 0.0129. The molecule has 3 nitrogen and oxygen atoms in total. The van der Waals surface area contributed by atoms with Crippen molar-refractivity contribution in [3.8, 4) is 6.07 Å². The summed E-state index contributed by atoms with van der Waals surface area (Å²) in [6.45, 7) is 4.05. The van der Waals surface area contributed by atoms with Crippen molar-refractivity contribution in [1.82, 2.24) is 0 Å². The van der Waals surface area contributed by atoms with Crippen molar-refractivity contribution < 1.29 is 5.11 Å². The van der Waals surface area contributed by atoms with Gasteiger partial charge in [-0.2, -0.15) is 5.26 Å². The highest BCUT2D eigenvalue weighted by Crippen LogP contribution is 2.18. The van der Waals surface area contributed by atoms with Crippen LogP contribution in [0.3, 0.4) is 0 Å². The van der Waals surface area contributed by atoms with E-state index in [1.807, 2.05) is 26.0 Å². The third kappa shape index (κ3) is 2.97. The van der Waals surface area contributed by atoms with Crippen LogP contribution in [0, 0.1) is 18.3 Å². The maximum atomic E-state index is 9.07. The van der Waals surface area contributed by atoms with Gasteiger partial charge in [0.15, 0.2) is 0 Å². The monoisotopic (exact) mass is 204 g/mol. The van der Waals surface area contributed by atoms with E-state index in [0.717, 1.165) is 17.7 Å². The zero-order valence-electron chi connectivity index (χ0n) is 9.12. The van der Waals surface area contributed by atoms with Crippen LogP contribution in [0.25, 0.3) is 0 Å². The second kappa shape index (κ2) is 5.38. The Balaban J connectivity index is 2.92. The lowest BCUT2D eigenvalue weighted by Gasteiger charge is -2.16. The summed E-state index contributed by atoms with van der Waals surface area (Å²) in [5.74, 6) is 0. The third-order valence-corrected chi connectivity index (χ3v) is 2.37. The lowest BCUT2D eigenvalue weighted by atomic mass is 10.1. The van der Waals surface area contributed by atoms with Gasteiger partial charge in [-0.25, -0.2) is 0 Å². The van der Waals surface area contributed by atoms with Crippen molar-refractivity contribution in [1.29, 1.82) is 5.26 Å². The van der Waals surface area contributed by atoms with Crippen molar-refractivity contribution in [3.05, 3.63) is 29.3 Å². The van der Waals surface area contributed by atoms with Crippen molar-refractivity contribution in [3.63, 3.8) is 0 Å². The first kappa shape index (κ1) is 11.5. The zero-order valence-corrected chi connectivity index (χ0v) is 9.12.